The van der Waals surface area contributed by atoms with Gasteiger partial charge in [0.05, 0.1) is 25.6 Å². The van der Waals surface area contributed by atoms with Gasteiger partial charge in [0.25, 0.3) is 5.88 Å². The van der Waals surface area contributed by atoms with Crippen LogP contribution in [0, 0.1) is 6.92 Å². The van der Waals surface area contributed by atoms with Crippen LogP contribution >= 0.6 is 0 Å². The molecule has 0 unspecified atom stereocenters. The molecular formula is C20H24N6O4S. The number of benzene rings is 1. The van der Waals surface area contributed by atoms with Crippen molar-refractivity contribution in [1.82, 2.24) is 24.4 Å². The number of ether oxygens (including phenoxy) is 1. The highest BCUT2D eigenvalue weighted by Gasteiger charge is 2.30. The summed E-state index contributed by atoms with van der Waals surface area (Å²) in [6.07, 6.45) is 1.69. The Morgan fingerprint density at radius 2 is 1.81 bits per heavy atom. The monoisotopic (exact) mass is 444 g/mol. The van der Waals surface area contributed by atoms with Gasteiger partial charge in [0.1, 0.15) is 4.90 Å². The minimum absolute atomic E-state index is 0.0569. The largest absolute Gasteiger partial charge is 0.378 e. The van der Waals surface area contributed by atoms with Crippen LogP contribution in [0.4, 0.5) is 5.95 Å². The summed E-state index contributed by atoms with van der Waals surface area (Å²) in [6, 6.07) is 6.73. The van der Waals surface area contributed by atoms with E-state index in [4.69, 9.17) is 13.9 Å². The standard InChI is InChI=1S/C20H24N6O4S/c1-14-3-5-16(6-4-14)31(27,28)30-19-17-18(26(13-21-17)15-11-24(2)12-15)22-20(23-19)25-7-9-29-10-8-25/h3-6,13,15H,7-12H2,1-2H3. The molecule has 2 saturated heterocycles. The summed E-state index contributed by atoms with van der Waals surface area (Å²) in [4.78, 5) is 17.8. The Bertz CT molecular complexity index is 1200. The molecule has 0 atom stereocenters. The Morgan fingerprint density at radius 3 is 2.48 bits per heavy atom. The number of aryl methyl sites for hydroxylation is 1. The molecule has 1 aromatic carbocycles. The molecule has 0 radical (unpaired) electrons. The Balaban J connectivity index is 1.57. The number of nitrogens with zero attached hydrogens (tertiary/aromatic N) is 6. The molecule has 0 aliphatic carbocycles. The van der Waals surface area contributed by atoms with Crippen molar-refractivity contribution in [2.24, 2.45) is 0 Å². The molecule has 164 valence electrons. The van der Waals surface area contributed by atoms with Crippen LogP contribution in [0.3, 0.4) is 0 Å². The molecule has 11 heteroatoms. The molecule has 0 bridgehead atoms. The fraction of sp³-hybridized carbons (Fsp3) is 0.450. The highest BCUT2D eigenvalue weighted by Crippen LogP contribution is 2.31. The number of morpholine rings is 1. The Kier molecular flexibility index (Phi) is 5.03. The lowest BCUT2D eigenvalue weighted by molar-refractivity contribution is 0.122. The third-order valence-corrected chi connectivity index (χ3v) is 6.83. The van der Waals surface area contributed by atoms with E-state index in [0.29, 0.717) is 43.4 Å². The maximum atomic E-state index is 12.9. The van der Waals surface area contributed by atoms with Gasteiger partial charge in [-0.05, 0) is 26.1 Å². The molecule has 0 spiro atoms. The Hall–Kier alpha value is -2.76. The Labute approximate surface area is 180 Å². The van der Waals surface area contributed by atoms with Crippen LogP contribution in [0.15, 0.2) is 35.5 Å². The lowest BCUT2D eigenvalue weighted by atomic mass is 10.1. The number of hydrogen-bond acceptors (Lipinski definition) is 9. The van der Waals surface area contributed by atoms with E-state index in [2.05, 4.69) is 14.9 Å². The fourth-order valence-electron chi connectivity index (χ4n) is 3.81. The van der Waals surface area contributed by atoms with Gasteiger partial charge >= 0.3 is 10.1 Å². The van der Waals surface area contributed by atoms with Crippen LogP contribution < -0.4 is 9.08 Å². The smallest absolute Gasteiger partial charge is 0.340 e. The highest BCUT2D eigenvalue weighted by molar-refractivity contribution is 7.87. The summed E-state index contributed by atoms with van der Waals surface area (Å²) in [7, 11) is -2.02. The van der Waals surface area contributed by atoms with Gasteiger partial charge in [0.2, 0.25) is 5.95 Å². The van der Waals surface area contributed by atoms with Crippen LogP contribution in [0.5, 0.6) is 5.88 Å². The maximum Gasteiger partial charge on any atom is 0.340 e. The van der Waals surface area contributed by atoms with Crippen LogP contribution in [0.1, 0.15) is 11.6 Å². The van der Waals surface area contributed by atoms with Crippen LogP contribution in [0.25, 0.3) is 11.2 Å². The van der Waals surface area contributed by atoms with Crippen molar-refractivity contribution in [2.75, 3.05) is 51.3 Å². The van der Waals surface area contributed by atoms with Gasteiger partial charge in [-0.2, -0.15) is 18.4 Å². The number of fused-ring (bicyclic) bond motifs is 1. The van der Waals surface area contributed by atoms with E-state index in [1.807, 2.05) is 23.4 Å². The maximum absolute atomic E-state index is 12.9. The number of imidazole rings is 1. The van der Waals surface area contributed by atoms with Crippen molar-refractivity contribution < 1.29 is 17.3 Å². The number of rotatable bonds is 5. The van der Waals surface area contributed by atoms with E-state index in [9.17, 15) is 8.42 Å². The number of likely N-dealkylation sites (tertiary alicyclic amines) is 1. The molecule has 5 rings (SSSR count). The zero-order valence-electron chi connectivity index (χ0n) is 17.4. The first kappa shape index (κ1) is 20.2. The van der Waals surface area contributed by atoms with Crippen molar-refractivity contribution in [1.29, 1.82) is 0 Å². The number of aromatic nitrogens is 4. The lowest BCUT2D eigenvalue weighted by Gasteiger charge is -2.37. The van der Waals surface area contributed by atoms with E-state index in [-0.39, 0.29) is 16.8 Å². The van der Waals surface area contributed by atoms with Gasteiger partial charge in [0.15, 0.2) is 11.2 Å². The average molecular weight is 445 g/mol. The van der Waals surface area contributed by atoms with Crippen LogP contribution in [-0.4, -0.2) is 79.3 Å². The van der Waals surface area contributed by atoms with Gasteiger partial charge in [0, 0.05) is 26.2 Å². The fourth-order valence-corrected chi connectivity index (χ4v) is 4.70. The number of likely N-dealkylation sites (N-methyl/N-ethyl adjacent to an activating group) is 1. The summed E-state index contributed by atoms with van der Waals surface area (Å²) in [5, 5.41) is 0. The first-order chi connectivity index (χ1) is 14.9. The summed E-state index contributed by atoms with van der Waals surface area (Å²) in [5.41, 5.74) is 1.87. The van der Waals surface area contributed by atoms with Crippen LogP contribution in [0.2, 0.25) is 0 Å². The predicted octanol–water partition coefficient (Wildman–Crippen LogP) is 1.23. The molecule has 0 saturated carbocycles. The molecule has 2 aliphatic heterocycles. The minimum Gasteiger partial charge on any atom is -0.378 e. The third-order valence-electron chi connectivity index (χ3n) is 5.61. The topological polar surface area (TPSA) is 103 Å². The molecule has 0 amide bonds. The van der Waals surface area contributed by atoms with Gasteiger partial charge in [-0.1, -0.05) is 17.7 Å². The van der Waals surface area contributed by atoms with Crippen LogP contribution in [-0.2, 0) is 14.9 Å². The predicted molar refractivity (Wildman–Crippen MR) is 114 cm³/mol. The second kappa shape index (κ2) is 7.74. The molecular weight excluding hydrogens is 420 g/mol. The molecule has 3 aromatic rings. The van der Waals surface area contributed by atoms with E-state index >= 15 is 0 Å². The van der Waals surface area contributed by atoms with Gasteiger partial charge in [-0.25, -0.2) is 4.98 Å². The van der Waals surface area contributed by atoms with Crippen molar-refractivity contribution in [2.45, 2.75) is 17.9 Å². The lowest BCUT2D eigenvalue weighted by Crippen LogP contribution is -2.44. The zero-order valence-corrected chi connectivity index (χ0v) is 18.2. The van der Waals surface area contributed by atoms with Gasteiger partial charge < -0.3 is 23.3 Å². The molecule has 10 nitrogen and oxygen atoms in total. The van der Waals surface area contributed by atoms with E-state index in [1.165, 1.54) is 12.1 Å². The zero-order chi connectivity index (χ0) is 21.6. The first-order valence-electron chi connectivity index (χ1n) is 10.2. The summed E-state index contributed by atoms with van der Waals surface area (Å²) >= 11 is 0. The molecule has 31 heavy (non-hydrogen) atoms. The molecule has 0 N–H and O–H groups in total. The normalized spacial score (nSPS) is 18.3. The summed E-state index contributed by atoms with van der Waals surface area (Å²) in [6.45, 7) is 6.01. The summed E-state index contributed by atoms with van der Waals surface area (Å²) in [5.74, 6) is 0.359. The van der Waals surface area contributed by atoms with Crippen molar-refractivity contribution in [3.05, 3.63) is 36.2 Å². The second-order valence-electron chi connectivity index (χ2n) is 7.98. The van der Waals surface area contributed by atoms with Crippen molar-refractivity contribution >= 4 is 27.2 Å². The van der Waals surface area contributed by atoms with Crippen molar-refractivity contribution in [3.63, 3.8) is 0 Å². The molecule has 2 fully saturated rings. The van der Waals surface area contributed by atoms with Crippen molar-refractivity contribution in [3.8, 4) is 5.88 Å². The minimum atomic E-state index is -4.07. The second-order valence-corrected chi connectivity index (χ2v) is 9.52. The quantitative estimate of drug-likeness (QED) is 0.538. The average Bonchev–Trinajstić information content (AvgIpc) is 3.16. The summed E-state index contributed by atoms with van der Waals surface area (Å²) < 4.78 is 38.8. The van der Waals surface area contributed by atoms with E-state index in [0.717, 1.165) is 18.7 Å². The van der Waals surface area contributed by atoms with Gasteiger partial charge in [-0.15, -0.1) is 0 Å². The van der Waals surface area contributed by atoms with E-state index < -0.39 is 10.1 Å². The highest BCUT2D eigenvalue weighted by atomic mass is 32.2. The third kappa shape index (κ3) is 3.84. The molecule has 2 aromatic heterocycles. The SMILES string of the molecule is Cc1ccc(S(=O)(=O)Oc2nc(N3CCOCC3)nc3c2ncn3C2CN(C)C2)cc1. The Morgan fingerprint density at radius 1 is 1.10 bits per heavy atom. The van der Waals surface area contributed by atoms with Gasteiger partial charge in [-0.3, -0.25) is 0 Å². The first-order valence-corrected chi connectivity index (χ1v) is 11.6. The number of hydrogen-bond donors (Lipinski definition) is 0. The number of anilines is 1. The molecule has 4 heterocycles. The molecule has 2 aliphatic rings. The van der Waals surface area contributed by atoms with E-state index in [1.54, 1.807) is 18.5 Å².